The molecule has 4 rings (SSSR count). The normalized spacial score (nSPS) is 15.6. The van der Waals surface area contributed by atoms with Gasteiger partial charge in [-0.3, -0.25) is 0 Å². The Balaban J connectivity index is 1.40. The zero-order valence-electron chi connectivity index (χ0n) is 19.8. The zero-order valence-corrected chi connectivity index (χ0v) is 19.8. The van der Waals surface area contributed by atoms with E-state index in [0.29, 0.717) is 42.6 Å². The van der Waals surface area contributed by atoms with Gasteiger partial charge in [-0.15, -0.1) is 0 Å². The topological polar surface area (TPSA) is 18.5 Å². The third kappa shape index (κ3) is 5.37. The van der Waals surface area contributed by atoms with Crippen LogP contribution in [0.15, 0.2) is 54.6 Å². The molecule has 1 aliphatic carbocycles. The molecule has 184 valence electrons. The smallest absolute Gasteiger partial charge is 0.201 e. The maximum absolute atomic E-state index is 14.8. The van der Waals surface area contributed by atoms with Crippen molar-refractivity contribution in [3.63, 3.8) is 0 Å². The molecule has 1 atom stereocenters. The third-order valence-corrected chi connectivity index (χ3v) is 6.60. The Bertz CT molecular complexity index is 1220. The first-order chi connectivity index (χ1) is 16.9. The van der Waals surface area contributed by atoms with Crippen LogP contribution in [-0.4, -0.2) is 13.7 Å². The van der Waals surface area contributed by atoms with Gasteiger partial charge in [0.1, 0.15) is 5.75 Å². The highest BCUT2D eigenvalue weighted by atomic mass is 19.2. The van der Waals surface area contributed by atoms with Crippen molar-refractivity contribution >= 4 is 5.57 Å². The minimum atomic E-state index is -0.969. The van der Waals surface area contributed by atoms with Crippen LogP contribution in [0.3, 0.4) is 0 Å². The monoisotopic (exact) mass is 484 g/mol. The quantitative estimate of drug-likeness (QED) is 0.301. The first kappa shape index (κ1) is 24.8. The Morgan fingerprint density at radius 2 is 1.54 bits per heavy atom. The summed E-state index contributed by atoms with van der Waals surface area (Å²) in [6.07, 6.45) is 5.07. The lowest BCUT2D eigenvalue weighted by atomic mass is 9.83. The van der Waals surface area contributed by atoms with E-state index in [0.717, 1.165) is 12.0 Å². The summed E-state index contributed by atoms with van der Waals surface area (Å²) in [6.45, 7) is 1.97. The highest BCUT2D eigenvalue weighted by Gasteiger charge is 2.22. The molecule has 0 aliphatic heterocycles. The summed E-state index contributed by atoms with van der Waals surface area (Å²) in [6, 6.07) is 13.1. The number of halogens is 4. The van der Waals surface area contributed by atoms with Crippen molar-refractivity contribution in [2.45, 2.75) is 39.0 Å². The van der Waals surface area contributed by atoms with Gasteiger partial charge in [-0.25, -0.2) is 13.2 Å². The van der Waals surface area contributed by atoms with Crippen LogP contribution in [0.1, 0.15) is 43.7 Å². The molecule has 0 heterocycles. The number of hydrogen-bond donors (Lipinski definition) is 0. The van der Waals surface area contributed by atoms with Gasteiger partial charge in [0.05, 0.1) is 13.7 Å². The van der Waals surface area contributed by atoms with Crippen molar-refractivity contribution in [3.05, 3.63) is 89.0 Å². The number of rotatable bonds is 8. The molecule has 0 aromatic heterocycles. The largest absolute Gasteiger partial charge is 0.497 e. The standard InChI is InChI=1S/C29H28F4O2/c1-3-35-25-17-16-24(28(32)29(25)33)19-7-4-18(5-8-19)6-9-21-12-15-23(27(31)26(21)30)20-10-13-22(34-2)14-11-20/h7,10-18H,3-6,8-9H2,1-2H3. The molecule has 3 aromatic rings. The average Bonchev–Trinajstić information content (AvgIpc) is 2.88. The van der Waals surface area contributed by atoms with Crippen LogP contribution in [0.4, 0.5) is 17.6 Å². The van der Waals surface area contributed by atoms with Crippen LogP contribution in [0.2, 0.25) is 0 Å². The van der Waals surface area contributed by atoms with Gasteiger partial charge in [0, 0.05) is 11.1 Å². The highest BCUT2D eigenvalue weighted by molar-refractivity contribution is 5.68. The predicted octanol–water partition coefficient (Wildman–Crippen LogP) is 8.13. The van der Waals surface area contributed by atoms with E-state index in [2.05, 4.69) is 0 Å². The molecule has 2 nitrogen and oxygen atoms in total. The van der Waals surface area contributed by atoms with Gasteiger partial charge in [0.2, 0.25) is 5.82 Å². The van der Waals surface area contributed by atoms with Crippen molar-refractivity contribution in [1.82, 2.24) is 0 Å². The summed E-state index contributed by atoms with van der Waals surface area (Å²) < 4.78 is 68.6. The summed E-state index contributed by atoms with van der Waals surface area (Å²) in [5.41, 5.74) is 2.16. The van der Waals surface area contributed by atoms with Crippen LogP contribution in [-0.2, 0) is 6.42 Å². The Morgan fingerprint density at radius 3 is 2.20 bits per heavy atom. The molecule has 0 bridgehead atoms. The Hall–Kier alpha value is -3.28. The summed E-state index contributed by atoms with van der Waals surface area (Å²) in [4.78, 5) is 0. The molecule has 0 N–H and O–H groups in total. The summed E-state index contributed by atoms with van der Waals surface area (Å²) >= 11 is 0. The molecular weight excluding hydrogens is 456 g/mol. The zero-order chi connectivity index (χ0) is 24.9. The molecule has 3 aromatic carbocycles. The number of hydrogen-bond acceptors (Lipinski definition) is 2. The van der Waals surface area contributed by atoms with E-state index in [4.69, 9.17) is 9.47 Å². The van der Waals surface area contributed by atoms with E-state index < -0.39 is 23.3 Å². The minimum absolute atomic E-state index is 0.0877. The van der Waals surface area contributed by atoms with Crippen LogP contribution in [0.25, 0.3) is 16.7 Å². The van der Waals surface area contributed by atoms with Crippen LogP contribution in [0.5, 0.6) is 11.5 Å². The van der Waals surface area contributed by atoms with Crippen molar-refractivity contribution in [3.8, 4) is 22.6 Å². The second-order valence-electron chi connectivity index (χ2n) is 8.71. The van der Waals surface area contributed by atoms with E-state index in [1.807, 2.05) is 6.08 Å². The Morgan fingerprint density at radius 1 is 0.829 bits per heavy atom. The SMILES string of the molecule is CCOc1ccc(C2=CCC(CCc3ccc(-c4ccc(OC)cc4)c(F)c3F)CC2)c(F)c1F. The van der Waals surface area contributed by atoms with Gasteiger partial charge in [0.25, 0.3) is 0 Å². The average molecular weight is 485 g/mol. The number of ether oxygens (including phenoxy) is 2. The lowest BCUT2D eigenvalue weighted by Crippen LogP contribution is -2.09. The summed E-state index contributed by atoms with van der Waals surface area (Å²) in [7, 11) is 1.55. The molecule has 0 saturated heterocycles. The van der Waals surface area contributed by atoms with E-state index >= 15 is 0 Å². The molecule has 6 heteroatoms. The lowest BCUT2D eigenvalue weighted by molar-refractivity contribution is 0.314. The van der Waals surface area contributed by atoms with Crippen LogP contribution in [0, 0.1) is 29.2 Å². The first-order valence-electron chi connectivity index (χ1n) is 11.8. The van der Waals surface area contributed by atoms with Crippen molar-refractivity contribution < 1.29 is 27.0 Å². The van der Waals surface area contributed by atoms with E-state index in [1.54, 1.807) is 56.5 Å². The molecule has 35 heavy (non-hydrogen) atoms. The molecule has 0 radical (unpaired) electrons. The van der Waals surface area contributed by atoms with Gasteiger partial charge < -0.3 is 9.47 Å². The fraction of sp³-hybridized carbons (Fsp3) is 0.310. The van der Waals surface area contributed by atoms with E-state index in [1.165, 1.54) is 6.07 Å². The van der Waals surface area contributed by atoms with Gasteiger partial charge in [-0.1, -0.05) is 30.3 Å². The molecule has 1 unspecified atom stereocenters. The van der Waals surface area contributed by atoms with Crippen LogP contribution < -0.4 is 9.47 Å². The molecule has 0 amide bonds. The second kappa shape index (κ2) is 11.0. The summed E-state index contributed by atoms with van der Waals surface area (Å²) in [5.74, 6) is -2.72. The highest BCUT2D eigenvalue weighted by Crippen LogP contribution is 2.36. The number of methoxy groups -OCH3 is 1. The molecule has 0 spiro atoms. The number of allylic oxidation sites excluding steroid dienone is 2. The number of benzene rings is 3. The Labute approximate surface area is 203 Å². The van der Waals surface area contributed by atoms with E-state index in [-0.39, 0.29) is 29.4 Å². The van der Waals surface area contributed by atoms with Gasteiger partial charge in [-0.2, -0.15) is 4.39 Å². The van der Waals surface area contributed by atoms with Crippen molar-refractivity contribution in [2.75, 3.05) is 13.7 Å². The summed E-state index contributed by atoms with van der Waals surface area (Å²) in [5, 5.41) is 0. The maximum atomic E-state index is 14.8. The van der Waals surface area contributed by atoms with Crippen LogP contribution >= 0.6 is 0 Å². The van der Waals surface area contributed by atoms with Gasteiger partial charge >= 0.3 is 0 Å². The lowest BCUT2D eigenvalue weighted by Gasteiger charge is -2.23. The van der Waals surface area contributed by atoms with Gasteiger partial charge in [0.15, 0.2) is 23.2 Å². The Kier molecular flexibility index (Phi) is 7.79. The molecule has 0 fully saturated rings. The first-order valence-corrected chi connectivity index (χ1v) is 11.8. The fourth-order valence-corrected chi connectivity index (χ4v) is 4.58. The van der Waals surface area contributed by atoms with Crippen molar-refractivity contribution in [1.29, 1.82) is 0 Å². The van der Waals surface area contributed by atoms with E-state index in [9.17, 15) is 17.6 Å². The predicted molar refractivity (Wildman–Crippen MR) is 130 cm³/mol. The maximum Gasteiger partial charge on any atom is 0.201 e. The number of aryl methyl sites for hydroxylation is 1. The molecule has 1 aliphatic rings. The van der Waals surface area contributed by atoms with Crippen molar-refractivity contribution in [2.24, 2.45) is 5.92 Å². The second-order valence-corrected chi connectivity index (χ2v) is 8.71. The molecular formula is C29H28F4O2. The minimum Gasteiger partial charge on any atom is -0.497 e. The fourth-order valence-electron chi connectivity index (χ4n) is 4.58. The van der Waals surface area contributed by atoms with Gasteiger partial charge in [-0.05, 0) is 85.9 Å². The molecule has 0 saturated carbocycles. The third-order valence-electron chi connectivity index (χ3n) is 6.60.